The fourth-order valence-electron chi connectivity index (χ4n) is 2.43. The molecule has 0 aromatic rings. The highest BCUT2D eigenvalue weighted by Gasteiger charge is 2.10. The third-order valence-corrected chi connectivity index (χ3v) is 3.91. The van der Waals surface area contributed by atoms with Crippen molar-refractivity contribution >= 4 is 0 Å². The zero-order valence-electron chi connectivity index (χ0n) is 14.4. The molecule has 5 nitrogen and oxygen atoms in total. The third-order valence-electron chi connectivity index (χ3n) is 3.91. The summed E-state index contributed by atoms with van der Waals surface area (Å²) in [7, 11) is 0. The molecule has 2 atom stereocenters. The molecule has 0 radical (unpaired) electrons. The van der Waals surface area contributed by atoms with E-state index >= 15 is 0 Å². The lowest BCUT2D eigenvalue weighted by Gasteiger charge is -2.26. The first-order valence-electron chi connectivity index (χ1n) is 9.11. The first kappa shape index (κ1) is 21.8. The Morgan fingerprint density at radius 2 is 1.45 bits per heavy atom. The number of hydroxylamine groups is 2. The van der Waals surface area contributed by atoms with Crippen LogP contribution in [0.2, 0.25) is 0 Å². The molecule has 22 heavy (non-hydrogen) atoms. The molecule has 0 bridgehead atoms. The van der Waals surface area contributed by atoms with Crippen molar-refractivity contribution in [2.45, 2.75) is 83.8 Å². The van der Waals surface area contributed by atoms with E-state index in [-0.39, 0.29) is 18.2 Å². The number of hydrogen-bond acceptors (Lipinski definition) is 4. The molecule has 0 aromatic heterocycles. The second kappa shape index (κ2) is 17.2. The van der Waals surface area contributed by atoms with Crippen LogP contribution in [0.1, 0.15) is 77.6 Å². The fourth-order valence-corrected chi connectivity index (χ4v) is 2.43. The zero-order chi connectivity index (χ0) is 16.5. The Morgan fingerprint density at radius 3 is 2.00 bits per heavy atom. The fraction of sp³-hybridized carbons (Fsp3) is 1.00. The molecule has 0 heterocycles. The molecule has 2 unspecified atom stereocenters. The van der Waals surface area contributed by atoms with Crippen LogP contribution in [-0.2, 0) is 4.74 Å². The molecule has 5 heteroatoms. The van der Waals surface area contributed by atoms with E-state index in [9.17, 15) is 10.3 Å². The summed E-state index contributed by atoms with van der Waals surface area (Å²) in [6, 6.07) is 0. The minimum atomic E-state index is -0.986. The SMILES string of the molecule is CCCCCCCCCCCCOCCC(O)[NH+]([O-])CCO. The van der Waals surface area contributed by atoms with Crippen LogP contribution in [0.15, 0.2) is 0 Å². The third kappa shape index (κ3) is 14.7. The number of aliphatic hydroxyl groups excluding tert-OH is 2. The van der Waals surface area contributed by atoms with E-state index in [1.54, 1.807) is 0 Å². The predicted octanol–water partition coefficient (Wildman–Crippen LogP) is 2.01. The standard InChI is InChI=1S/C17H37NO4/c1-2-3-4-5-6-7-8-9-10-11-15-22-16-12-17(20)18(21)13-14-19/h17-20H,2-16H2,1H3. The lowest BCUT2D eigenvalue weighted by molar-refractivity contribution is -0.901. The molecule has 0 spiro atoms. The van der Waals surface area contributed by atoms with Crippen LogP contribution in [0.5, 0.6) is 0 Å². The maximum absolute atomic E-state index is 11.2. The molecule has 134 valence electrons. The number of aliphatic hydroxyl groups is 2. The maximum atomic E-state index is 11.2. The van der Waals surface area contributed by atoms with Gasteiger partial charge in [-0.15, -0.1) is 0 Å². The lowest BCUT2D eigenvalue weighted by Crippen LogP contribution is -3.12. The highest BCUT2D eigenvalue weighted by molar-refractivity contribution is 4.48. The summed E-state index contributed by atoms with van der Waals surface area (Å²) < 4.78 is 5.43. The highest BCUT2D eigenvalue weighted by atomic mass is 16.5. The van der Waals surface area contributed by atoms with E-state index < -0.39 is 6.23 Å². The zero-order valence-corrected chi connectivity index (χ0v) is 14.4. The number of unbranched alkanes of at least 4 members (excludes halogenated alkanes) is 9. The molecule has 0 fully saturated rings. The van der Waals surface area contributed by atoms with Gasteiger partial charge in [0, 0.05) is 13.0 Å². The Bertz CT molecular complexity index is 217. The van der Waals surface area contributed by atoms with E-state index in [4.69, 9.17) is 9.84 Å². The van der Waals surface area contributed by atoms with Crippen molar-refractivity contribution in [1.82, 2.24) is 0 Å². The van der Waals surface area contributed by atoms with Crippen LogP contribution < -0.4 is 5.06 Å². The Balaban J connectivity index is 3.14. The number of ether oxygens (including phenoxy) is 1. The second-order valence-electron chi connectivity index (χ2n) is 6.04. The van der Waals surface area contributed by atoms with Crippen LogP contribution in [0, 0.1) is 5.21 Å². The molecule has 0 saturated carbocycles. The Morgan fingerprint density at radius 1 is 0.909 bits per heavy atom. The van der Waals surface area contributed by atoms with Crippen LogP contribution in [0.3, 0.4) is 0 Å². The molecule has 0 aliphatic rings. The summed E-state index contributed by atoms with van der Waals surface area (Å²) >= 11 is 0. The largest absolute Gasteiger partial charge is 0.632 e. The molecule has 0 aliphatic heterocycles. The molecular weight excluding hydrogens is 282 g/mol. The van der Waals surface area contributed by atoms with E-state index in [0.29, 0.717) is 19.6 Å². The number of nitrogens with one attached hydrogen (secondary N) is 1. The first-order chi connectivity index (χ1) is 10.7. The maximum Gasteiger partial charge on any atom is 0.191 e. The minimum Gasteiger partial charge on any atom is -0.632 e. The van der Waals surface area contributed by atoms with Crippen molar-refractivity contribution in [2.75, 3.05) is 26.4 Å². The number of rotatable bonds is 17. The molecule has 3 N–H and O–H groups in total. The summed E-state index contributed by atoms with van der Waals surface area (Å²) in [5.74, 6) is 0. The van der Waals surface area contributed by atoms with E-state index in [1.165, 1.54) is 57.8 Å². The minimum absolute atomic E-state index is 0.0274. The normalized spacial score (nSPS) is 14.2. The van der Waals surface area contributed by atoms with Gasteiger partial charge >= 0.3 is 0 Å². The summed E-state index contributed by atoms with van der Waals surface area (Å²) in [6.45, 7) is 3.19. The molecule has 0 aliphatic carbocycles. The van der Waals surface area contributed by atoms with Crippen LogP contribution in [0.4, 0.5) is 0 Å². The van der Waals surface area contributed by atoms with Crippen LogP contribution in [-0.4, -0.2) is 42.8 Å². The quantitative estimate of drug-likeness (QED) is 0.218. The Kier molecular flexibility index (Phi) is 17.0. The van der Waals surface area contributed by atoms with E-state index in [0.717, 1.165) is 6.42 Å². The van der Waals surface area contributed by atoms with Gasteiger partial charge in [-0.25, -0.2) is 0 Å². The van der Waals surface area contributed by atoms with Gasteiger partial charge in [0.2, 0.25) is 0 Å². The van der Waals surface area contributed by atoms with Gasteiger partial charge in [-0.3, -0.25) is 0 Å². The van der Waals surface area contributed by atoms with Gasteiger partial charge in [-0.05, 0) is 6.42 Å². The van der Waals surface area contributed by atoms with Crippen molar-refractivity contribution in [3.63, 3.8) is 0 Å². The average molecular weight is 319 g/mol. The molecule has 0 saturated heterocycles. The summed E-state index contributed by atoms with van der Waals surface area (Å²) in [5.41, 5.74) is 0. The van der Waals surface area contributed by atoms with Crippen molar-refractivity contribution < 1.29 is 20.0 Å². The van der Waals surface area contributed by atoms with Crippen molar-refractivity contribution in [2.24, 2.45) is 0 Å². The number of hydrogen-bond donors (Lipinski definition) is 3. The lowest BCUT2D eigenvalue weighted by atomic mass is 10.1. The smallest absolute Gasteiger partial charge is 0.191 e. The van der Waals surface area contributed by atoms with E-state index in [2.05, 4.69) is 6.92 Å². The monoisotopic (exact) mass is 319 g/mol. The van der Waals surface area contributed by atoms with Gasteiger partial charge in [0.15, 0.2) is 6.23 Å². The van der Waals surface area contributed by atoms with Crippen molar-refractivity contribution in [3.05, 3.63) is 5.21 Å². The first-order valence-corrected chi connectivity index (χ1v) is 9.11. The van der Waals surface area contributed by atoms with Gasteiger partial charge in [0.25, 0.3) is 0 Å². The summed E-state index contributed by atoms with van der Waals surface area (Å²) in [6.07, 6.45) is 12.4. The Labute approximate surface area is 136 Å². The molecule has 0 aromatic carbocycles. The summed E-state index contributed by atoms with van der Waals surface area (Å²) in [5, 5.41) is 29.0. The van der Waals surface area contributed by atoms with Crippen molar-refractivity contribution in [3.8, 4) is 0 Å². The van der Waals surface area contributed by atoms with Crippen molar-refractivity contribution in [1.29, 1.82) is 0 Å². The van der Waals surface area contributed by atoms with Gasteiger partial charge in [0.05, 0.1) is 13.2 Å². The molecule has 0 amide bonds. The highest BCUT2D eigenvalue weighted by Crippen LogP contribution is 2.10. The molecular formula is C17H37NO4. The van der Waals surface area contributed by atoms with Gasteiger partial charge in [-0.1, -0.05) is 64.7 Å². The average Bonchev–Trinajstić information content (AvgIpc) is 2.51. The van der Waals surface area contributed by atoms with Gasteiger partial charge in [-0.2, -0.15) is 0 Å². The predicted molar refractivity (Wildman–Crippen MR) is 89.6 cm³/mol. The Hall–Kier alpha value is -0.200. The topological polar surface area (TPSA) is 77.2 Å². The van der Waals surface area contributed by atoms with Gasteiger partial charge in [0.1, 0.15) is 6.54 Å². The number of quaternary nitrogens is 1. The van der Waals surface area contributed by atoms with Crippen LogP contribution in [0.25, 0.3) is 0 Å². The summed E-state index contributed by atoms with van der Waals surface area (Å²) in [4.78, 5) is 0. The molecule has 0 rings (SSSR count). The van der Waals surface area contributed by atoms with Gasteiger partial charge < -0.3 is 25.2 Å². The second-order valence-corrected chi connectivity index (χ2v) is 6.04. The van der Waals surface area contributed by atoms with E-state index in [1.807, 2.05) is 0 Å². The van der Waals surface area contributed by atoms with Crippen LogP contribution >= 0.6 is 0 Å².